The van der Waals surface area contributed by atoms with Crippen LogP contribution >= 0.6 is 0 Å². The molecule has 1 saturated carbocycles. The van der Waals surface area contributed by atoms with Crippen LogP contribution in [0.15, 0.2) is 30.5 Å². The largest absolute Gasteiger partial charge is 0.368 e. The van der Waals surface area contributed by atoms with Crippen LogP contribution in [0.5, 0.6) is 0 Å². The van der Waals surface area contributed by atoms with E-state index in [9.17, 15) is 14.4 Å². The third kappa shape index (κ3) is 6.09. The van der Waals surface area contributed by atoms with Crippen molar-refractivity contribution in [3.8, 4) is 0 Å². The van der Waals surface area contributed by atoms with Crippen molar-refractivity contribution >= 4 is 28.6 Å². The minimum atomic E-state index is -1.15. The number of benzene rings is 1. The van der Waals surface area contributed by atoms with Gasteiger partial charge in [0.2, 0.25) is 17.7 Å². The molecular weight excluding hydrogens is 406 g/mol. The Morgan fingerprint density at radius 2 is 1.78 bits per heavy atom. The highest BCUT2D eigenvalue weighted by Gasteiger charge is 2.31. The van der Waals surface area contributed by atoms with Gasteiger partial charge >= 0.3 is 0 Å². The number of aromatic amines is 1. The molecular formula is C24H35N5O3. The second-order valence-corrected chi connectivity index (χ2v) is 9.51. The molecule has 3 rings (SSSR count). The number of nitrogens with one attached hydrogen (secondary N) is 3. The van der Waals surface area contributed by atoms with Gasteiger partial charge in [-0.15, -0.1) is 0 Å². The molecule has 32 heavy (non-hydrogen) atoms. The van der Waals surface area contributed by atoms with Gasteiger partial charge in [-0.3, -0.25) is 14.4 Å². The summed E-state index contributed by atoms with van der Waals surface area (Å²) in [5.74, 6) is -1.07. The Morgan fingerprint density at radius 1 is 1.09 bits per heavy atom. The second kappa shape index (κ2) is 10.2. The van der Waals surface area contributed by atoms with Gasteiger partial charge in [-0.1, -0.05) is 50.3 Å². The number of rotatable bonds is 9. The van der Waals surface area contributed by atoms with Gasteiger partial charge in [0.05, 0.1) is 5.54 Å². The zero-order valence-electron chi connectivity index (χ0n) is 18.9. The number of hydrogen-bond donors (Lipinski definition) is 5. The predicted molar refractivity (Wildman–Crippen MR) is 125 cm³/mol. The average Bonchev–Trinajstić information content (AvgIpc) is 3.15. The lowest BCUT2D eigenvalue weighted by Crippen LogP contribution is -2.58. The molecule has 0 spiro atoms. The summed E-state index contributed by atoms with van der Waals surface area (Å²) in [5.41, 5.74) is 12.2. The minimum absolute atomic E-state index is 0.257. The van der Waals surface area contributed by atoms with Crippen molar-refractivity contribution < 1.29 is 14.4 Å². The van der Waals surface area contributed by atoms with E-state index in [0.717, 1.165) is 42.1 Å². The zero-order valence-corrected chi connectivity index (χ0v) is 18.9. The van der Waals surface area contributed by atoms with E-state index in [1.807, 2.05) is 30.5 Å². The molecule has 1 aliphatic carbocycles. The van der Waals surface area contributed by atoms with E-state index in [4.69, 9.17) is 11.5 Å². The number of nitrogens with two attached hydrogens (primary N) is 2. The van der Waals surface area contributed by atoms with E-state index in [1.54, 1.807) is 13.8 Å². The summed E-state index contributed by atoms with van der Waals surface area (Å²) in [4.78, 5) is 41.1. The maximum atomic E-state index is 13.2. The Hall–Kier alpha value is -2.87. The maximum Gasteiger partial charge on any atom is 0.243 e. The third-order valence-corrected chi connectivity index (χ3v) is 6.26. The van der Waals surface area contributed by atoms with Gasteiger partial charge in [-0.05, 0) is 37.8 Å². The molecule has 1 heterocycles. The SMILES string of the molecule is CC(C)(N)C(=O)N[C@H](Cc1c[nH]c2ccccc12)C(=O)N[C@H](CC1CCCCC1)C(N)=O. The summed E-state index contributed by atoms with van der Waals surface area (Å²) in [5, 5.41) is 6.54. The fourth-order valence-electron chi connectivity index (χ4n) is 4.35. The maximum absolute atomic E-state index is 13.2. The van der Waals surface area contributed by atoms with E-state index in [-0.39, 0.29) is 6.42 Å². The first-order valence-electron chi connectivity index (χ1n) is 11.4. The first-order valence-corrected chi connectivity index (χ1v) is 11.4. The topological polar surface area (TPSA) is 143 Å². The summed E-state index contributed by atoms with van der Waals surface area (Å²) in [7, 11) is 0. The van der Waals surface area contributed by atoms with Crippen LogP contribution in [-0.4, -0.2) is 40.3 Å². The van der Waals surface area contributed by atoms with Gasteiger partial charge in [0.25, 0.3) is 0 Å². The molecule has 1 aliphatic rings. The molecule has 2 atom stereocenters. The van der Waals surface area contributed by atoms with Gasteiger partial charge in [0.1, 0.15) is 12.1 Å². The number of H-pyrrole nitrogens is 1. The molecule has 0 aliphatic heterocycles. The van der Waals surface area contributed by atoms with Gasteiger partial charge in [-0.2, -0.15) is 0 Å². The van der Waals surface area contributed by atoms with Gasteiger partial charge in [0, 0.05) is 23.5 Å². The molecule has 7 N–H and O–H groups in total. The number of carbonyl (C=O) groups excluding carboxylic acids is 3. The van der Waals surface area contributed by atoms with Crippen LogP contribution in [0.25, 0.3) is 10.9 Å². The molecule has 0 radical (unpaired) electrons. The molecule has 8 nitrogen and oxygen atoms in total. The van der Waals surface area contributed by atoms with E-state index in [2.05, 4.69) is 15.6 Å². The van der Waals surface area contributed by atoms with Crippen molar-refractivity contribution in [1.82, 2.24) is 15.6 Å². The van der Waals surface area contributed by atoms with Crippen LogP contribution in [-0.2, 0) is 20.8 Å². The van der Waals surface area contributed by atoms with Crippen LogP contribution in [0.1, 0.15) is 57.9 Å². The lowest BCUT2D eigenvalue weighted by Gasteiger charge is -2.28. The van der Waals surface area contributed by atoms with Crippen molar-refractivity contribution in [3.63, 3.8) is 0 Å². The lowest BCUT2D eigenvalue weighted by molar-refractivity contribution is -0.133. The van der Waals surface area contributed by atoms with E-state index in [1.165, 1.54) is 6.42 Å². The van der Waals surface area contributed by atoms with Gasteiger partial charge in [-0.25, -0.2) is 0 Å². The highest BCUT2D eigenvalue weighted by Crippen LogP contribution is 2.27. The second-order valence-electron chi connectivity index (χ2n) is 9.51. The third-order valence-electron chi connectivity index (χ3n) is 6.26. The Balaban J connectivity index is 1.78. The smallest absolute Gasteiger partial charge is 0.243 e. The first-order chi connectivity index (χ1) is 15.1. The standard InChI is InChI=1S/C24H35N5O3/c1-24(2,26)23(32)29-20(13-16-14-27-18-11-7-6-10-17(16)18)22(31)28-19(21(25)30)12-15-8-4-3-5-9-15/h6-7,10-11,14-15,19-20,27H,3-5,8-9,12-13,26H2,1-2H3,(H2,25,30)(H,28,31)(H,29,32)/t19-,20-/m1/s1. The summed E-state index contributed by atoms with van der Waals surface area (Å²) in [6.07, 6.45) is 8.16. The summed E-state index contributed by atoms with van der Waals surface area (Å²) >= 11 is 0. The average molecular weight is 442 g/mol. The number of carbonyl (C=O) groups is 3. The highest BCUT2D eigenvalue weighted by molar-refractivity contribution is 5.94. The van der Waals surface area contributed by atoms with Crippen molar-refractivity contribution in [3.05, 3.63) is 36.0 Å². The van der Waals surface area contributed by atoms with Crippen LogP contribution in [0, 0.1) is 5.92 Å². The molecule has 0 unspecified atom stereocenters. The molecule has 174 valence electrons. The molecule has 1 aromatic heterocycles. The number of amides is 3. The van der Waals surface area contributed by atoms with Crippen LogP contribution in [0.4, 0.5) is 0 Å². The first kappa shape index (κ1) is 23.8. The monoisotopic (exact) mass is 441 g/mol. The molecule has 3 amide bonds. The van der Waals surface area contributed by atoms with Gasteiger partial charge in [0.15, 0.2) is 0 Å². The summed E-state index contributed by atoms with van der Waals surface area (Å²) in [6, 6.07) is 6.09. The van der Waals surface area contributed by atoms with Crippen LogP contribution in [0.2, 0.25) is 0 Å². The fraction of sp³-hybridized carbons (Fsp3) is 0.542. The normalized spacial score (nSPS) is 17.0. The summed E-state index contributed by atoms with van der Waals surface area (Å²) < 4.78 is 0. The Bertz CT molecular complexity index is 956. The molecule has 0 saturated heterocycles. The minimum Gasteiger partial charge on any atom is -0.368 e. The highest BCUT2D eigenvalue weighted by atomic mass is 16.2. The number of primary amides is 1. The molecule has 0 bridgehead atoms. The van der Waals surface area contributed by atoms with E-state index in [0.29, 0.717) is 12.3 Å². The number of aromatic nitrogens is 1. The van der Waals surface area contributed by atoms with Crippen molar-refractivity contribution in [2.45, 2.75) is 76.4 Å². The Morgan fingerprint density at radius 3 is 2.44 bits per heavy atom. The van der Waals surface area contributed by atoms with Crippen molar-refractivity contribution in [2.24, 2.45) is 17.4 Å². The van der Waals surface area contributed by atoms with Crippen molar-refractivity contribution in [1.29, 1.82) is 0 Å². The quantitative estimate of drug-likeness (QED) is 0.405. The van der Waals surface area contributed by atoms with Crippen LogP contribution < -0.4 is 22.1 Å². The molecule has 8 heteroatoms. The lowest BCUT2D eigenvalue weighted by atomic mass is 9.84. The fourth-order valence-corrected chi connectivity index (χ4v) is 4.35. The predicted octanol–water partition coefficient (Wildman–Crippen LogP) is 1.87. The Labute approximate surface area is 188 Å². The number of fused-ring (bicyclic) bond motifs is 1. The molecule has 1 fully saturated rings. The number of hydrogen-bond acceptors (Lipinski definition) is 4. The molecule has 1 aromatic carbocycles. The van der Waals surface area contributed by atoms with E-state index >= 15 is 0 Å². The zero-order chi connectivity index (χ0) is 23.3. The van der Waals surface area contributed by atoms with Crippen LogP contribution in [0.3, 0.4) is 0 Å². The van der Waals surface area contributed by atoms with Gasteiger partial charge < -0.3 is 27.1 Å². The van der Waals surface area contributed by atoms with E-state index < -0.39 is 35.3 Å². The van der Waals surface area contributed by atoms with Crippen molar-refractivity contribution in [2.75, 3.05) is 0 Å². The summed E-state index contributed by atoms with van der Waals surface area (Å²) in [6.45, 7) is 3.16. The molecule has 2 aromatic rings. The number of para-hydroxylation sites is 1. The Kier molecular flexibility index (Phi) is 7.56.